The number of aliphatic carboxylic acids is 1. The van der Waals surface area contributed by atoms with Gasteiger partial charge in [0.15, 0.2) is 17.4 Å². The number of rotatable bonds is 15. The number of carboxylic acids is 1. The molecule has 1 aromatic rings. The SMILES string of the molecule is C=C(CC[C@]12OCC(N)(C#N)[C@](C(=O)O)(O1)[C@H](OC(=O)/C=C/[C@@H](C)C[C@@H](C)CC)[C@H]2O)[C@@H](OC(C)=O)[C@H](C)Cc1ccccc1. The number of carbonyl (C=O) groups excluding carboxylic acids is 2. The summed E-state index contributed by atoms with van der Waals surface area (Å²) in [5, 5.41) is 31.9. The maximum Gasteiger partial charge on any atom is 0.343 e. The largest absolute Gasteiger partial charge is 0.479 e. The summed E-state index contributed by atoms with van der Waals surface area (Å²) >= 11 is 0. The van der Waals surface area contributed by atoms with Crippen LogP contribution in [0.5, 0.6) is 0 Å². The molecule has 0 aliphatic carbocycles. The molecule has 0 spiro atoms. The molecule has 246 valence electrons. The fraction of sp³-hybridized carbons (Fsp3) is 0.588. The minimum Gasteiger partial charge on any atom is -0.479 e. The summed E-state index contributed by atoms with van der Waals surface area (Å²) < 4.78 is 23.0. The minimum absolute atomic E-state index is 0.0350. The first kappa shape index (κ1) is 35.9. The molecule has 11 heteroatoms. The Bertz CT molecular complexity index is 1310. The number of aliphatic hydroxyl groups excluding tert-OH is 1. The van der Waals surface area contributed by atoms with Crippen LogP contribution in [0.25, 0.3) is 0 Å². The lowest BCUT2D eigenvalue weighted by Gasteiger charge is -2.45. The second-order valence-electron chi connectivity index (χ2n) is 12.6. The maximum absolute atomic E-state index is 12.9. The van der Waals surface area contributed by atoms with Gasteiger partial charge in [0, 0.05) is 25.3 Å². The summed E-state index contributed by atoms with van der Waals surface area (Å²) in [6.07, 6.45) is 0.708. The number of hydrogen-bond acceptors (Lipinski definition) is 10. The smallest absolute Gasteiger partial charge is 0.343 e. The molecule has 2 saturated heterocycles. The number of nitrogens with zero attached hydrogens (tertiary/aromatic N) is 1. The van der Waals surface area contributed by atoms with Crippen molar-refractivity contribution in [3.63, 3.8) is 0 Å². The van der Waals surface area contributed by atoms with Crippen molar-refractivity contribution in [3.8, 4) is 6.07 Å². The van der Waals surface area contributed by atoms with Crippen molar-refractivity contribution in [1.82, 2.24) is 0 Å². The number of aliphatic hydroxyl groups is 1. The summed E-state index contributed by atoms with van der Waals surface area (Å²) in [6.45, 7) is 12.8. The molecular formula is C34H46N2O9. The van der Waals surface area contributed by atoms with Gasteiger partial charge in [-0.3, -0.25) is 4.79 Å². The van der Waals surface area contributed by atoms with Gasteiger partial charge in [0.2, 0.25) is 5.60 Å². The van der Waals surface area contributed by atoms with Gasteiger partial charge >= 0.3 is 17.9 Å². The predicted octanol–water partition coefficient (Wildman–Crippen LogP) is 3.84. The van der Waals surface area contributed by atoms with Gasteiger partial charge in [-0.1, -0.05) is 77.1 Å². The molecule has 0 saturated carbocycles. The Hall–Kier alpha value is -3.56. The Morgan fingerprint density at radius 3 is 2.49 bits per heavy atom. The third-order valence-electron chi connectivity index (χ3n) is 8.88. The van der Waals surface area contributed by atoms with Crippen molar-refractivity contribution in [2.24, 2.45) is 23.5 Å². The molecule has 0 aromatic heterocycles. The number of fused-ring (bicyclic) bond motifs is 2. The number of nitriles is 1. The Labute approximate surface area is 265 Å². The van der Waals surface area contributed by atoms with Gasteiger partial charge in [-0.2, -0.15) is 5.26 Å². The lowest BCUT2D eigenvalue weighted by molar-refractivity contribution is -0.322. The lowest BCUT2D eigenvalue weighted by Crippen LogP contribution is -2.73. The van der Waals surface area contributed by atoms with Crippen LogP contribution in [0, 0.1) is 29.1 Å². The summed E-state index contributed by atoms with van der Waals surface area (Å²) in [7, 11) is 0. The maximum atomic E-state index is 12.9. The molecule has 11 nitrogen and oxygen atoms in total. The van der Waals surface area contributed by atoms with Gasteiger partial charge in [-0.05, 0) is 42.2 Å². The molecular weight excluding hydrogens is 580 g/mol. The molecule has 0 radical (unpaired) electrons. The van der Waals surface area contributed by atoms with Crippen LogP contribution in [-0.2, 0) is 39.8 Å². The molecule has 1 unspecified atom stereocenters. The topological polar surface area (TPSA) is 178 Å². The predicted molar refractivity (Wildman–Crippen MR) is 164 cm³/mol. The normalized spacial score (nSPS) is 30.1. The van der Waals surface area contributed by atoms with E-state index in [2.05, 4.69) is 20.4 Å². The van der Waals surface area contributed by atoms with Gasteiger partial charge in [-0.25, -0.2) is 9.59 Å². The standard InChI is InChI=1S/C34H46N2O9/c1-7-21(2)17-22(3)13-14-27(38)44-30-29(39)33(42-20-32(36,19-35)34(30,45-33)31(40)41)16-15-23(4)28(43-25(6)37)24(5)18-26-11-9-8-10-12-26/h8-14,21-22,24,28-30,39H,4,7,15-18,20,36H2,1-3,5-6H3,(H,40,41)/b14-13+/t21-,22+,24+,28+,29+,30+,32?,33-,34-/m0/s1. The average Bonchev–Trinajstić information content (AvgIpc) is 3.22. The van der Waals surface area contributed by atoms with E-state index in [0.29, 0.717) is 17.9 Å². The van der Waals surface area contributed by atoms with Crippen LogP contribution >= 0.6 is 0 Å². The van der Waals surface area contributed by atoms with Crippen molar-refractivity contribution in [2.75, 3.05) is 6.61 Å². The number of nitrogens with two attached hydrogens (primary N) is 1. The Kier molecular flexibility index (Phi) is 11.7. The number of hydrogen-bond donors (Lipinski definition) is 3. The van der Waals surface area contributed by atoms with E-state index >= 15 is 0 Å². The summed E-state index contributed by atoms with van der Waals surface area (Å²) in [6, 6.07) is 11.4. The molecule has 2 fully saturated rings. The number of carbonyl (C=O) groups is 3. The van der Waals surface area contributed by atoms with Crippen molar-refractivity contribution < 1.29 is 43.5 Å². The Morgan fingerprint density at radius 2 is 1.91 bits per heavy atom. The van der Waals surface area contributed by atoms with Gasteiger partial charge in [-0.15, -0.1) is 0 Å². The molecule has 2 heterocycles. The second kappa shape index (κ2) is 14.7. The van der Waals surface area contributed by atoms with E-state index in [1.54, 1.807) is 12.1 Å². The summed E-state index contributed by atoms with van der Waals surface area (Å²) in [4.78, 5) is 37.8. The second-order valence-corrected chi connectivity index (χ2v) is 12.6. The van der Waals surface area contributed by atoms with Crippen molar-refractivity contribution >= 4 is 17.9 Å². The molecule has 9 atom stereocenters. The monoisotopic (exact) mass is 626 g/mol. The first-order valence-electron chi connectivity index (χ1n) is 15.4. The fourth-order valence-electron chi connectivity index (χ4n) is 6.17. The highest BCUT2D eigenvalue weighted by Gasteiger charge is 2.79. The Balaban J connectivity index is 1.86. The lowest BCUT2D eigenvalue weighted by atomic mass is 9.77. The van der Waals surface area contributed by atoms with Crippen molar-refractivity contribution in [2.45, 2.75) is 102 Å². The zero-order valence-electron chi connectivity index (χ0n) is 26.7. The highest BCUT2D eigenvalue weighted by Crippen LogP contribution is 2.52. The van der Waals surface area contributed by atoms with Crippen LogP contribution in [-0.4, -0.2) is 70.0 Å². The first-order chi connectivity index (χ1) is 21.1. The minimum atomic E-state index is -2.64. The van der Waals surface area contributed by atoms with Crippen LogP contribution < -0.4 is 5.73 Å². The van der Waals surface area contributed by atoms with Gasteiger partial charge in [0.25, 0.3) is 0 Å². The van der Waals surface area contributed by atoms with Crippen LogP contribution in [0.1, 0.15) is 65.9 Å². The van der Waals surface area contributed by atoms with E-state index in [4.69, 9.17) is 24.7 Å². The van der Waals surface area contributed by atoms with Crippen LogP contribution in [0.2, 0.25) is 0 Å². The zero-order valence-corrected chi connectivity index (χ0v) is 26.7. The van der Waals surface area contributed by atoms with Crippen LogP contribution in [0.4, 0.5) is 0 Å². The van der Waals surface area contributed by atoms with E-state index in [1.165, 1.54) is 13.0 Å². The third-order valence-corrected chi connectivity index (χ3v) is 8.88. The average molecular weight is 627 g/mol. The number of ether oxygens (including phenoxy) is 4. The molecule has 3 rings (SSSR count). The quantitative estimate of drug-likeness (QED) is 0.146. The van der Waals surface area contributed by atoms with Crippen molar-refractivity contribution in [1.29, 1.82) is 5.26 Å². The van der Waals surface area contributed by atoms with E-state index < -0.39 is 59.8 Å². The molecule has 2 aliphatic rings. The van der Waals surface area contributed by atoms with Gasteiger partial charge in [0.05, 0.1) is 12.7 Å². The first-order valence-corrected chi connectivity index (χ1v) is 15.4. The number of carboxylic acid groups (broad SMARTS) is 1. The molecule has 45 heavy (non-hydrogen) atoms. The summed E-state index contributed by atoms with van der Waals surface area (Å²) in [5.41, 5.74) is 2.81. The van der Waals surface area contributed by atoms with E-state index in [1.807, 2.05) is 44.2 Å². The molecule has 4 N–H and O–H groups in total. The third kappa shape index (κ3) is 7.64. The van der Waals surface area contributed by atoms with Gasteiger partial charge in [0.1, 0.15) is 12.2 Å². The number of benzene rings is 1. The fourth-order valence-corrected chi connectivity index (χ4v) is 6.17. The summed E-state index contributed by atoms with van der Waals surface area (Å²) in [5.74, 6) is -4.83. The van der Waals surface area contributed by atoms with E-state index in [-0.39, 0.29) is 24.7 Å². The molecule has 2 aliphatic heterocycles. The molecule has 2 bridgehead atoms. The van der Waals surface area contributed by atoms with Gasteiger partial charge < -0.3 is 34.9 Å². The molecule has 1 aromatic carbocycles. The van der Waals surface area contributed by atoms with E-state index in [0.717, 1.165) is 18.4 Å². The van der Waals surface area contributed by atoms with Crippen LogP contribution in [0.3, 0.4) is 0 Å². The highest BCUT2D eigenvalue weighted by atomic mass is 16.8. The van der Waals surface area contributed by atoms with E-state index in [9.17, 15) is 29.9 Å². The zero-order chi connectivity index (χ0) is 33.6. The van der Waals surface area contributed by atoms with Crippen LogP contribution in [0.15, 0.2) is 54.6 Å². The number of allylic oxidation sites excluding steroid dienone is 1. The number of esters is 2. The highest BCUT2D eigenvalue weighted by molar-refractivity contribution is 5.86. The van der Waals surface area contributed by atoms with Crippen molar-refractivity contribution in [3.05, 3.63) is 60.2 Å². The Morgan fingerprint density at radius 1 is 1.24 bits per heavy atom. The molecule has 0 amide bonds.